The van der Waals surface area contributed by atoms with Gasteiger partial charge in [0.15, 0.2) is 0 Å². The molecule has 0 saturated carbocycles. The van der Waals surface area contributed by atoms with Crippen molar-refractivity contribution in [3.63, 3.8) is 0 Å². The molecule has 0 aromatic carbocycles. The Hall–Kier alpha value is -0.570. The molecule has 3 nitrogen and oxygen atoms in total. The van der Waals surface area contributed by atoms with Gasteiger partial charge in [0.05, 0.1) is 18.6 Å². The van der Waals surface area contributed by atoms with Crippen LogP contribution in [0.15, 0.2) is 0 Å². The van der Waals surface area contributed by atoms with Gasteiger partial charge in [-0.1, -0.05) is 188 Å². The van der Waals surface area contributed by atoms with Crippen LogP contribution < -0.4 is 0 Å². The molecule has 1 N–H and O–H groups in total. The van der Waals surface area contributed by atoms with Crippen molar-refractivity contribution in [3.05, 3.63) is 0 Å². The van der Waals surface area contributed by atoms with Crippen molar-refractivity contribution in [3.8, 4) is 0 Å². The Morgan fingerprint density at radius 1 is 0.439 bits per heavy atom. The molecule has 0 aromatic heterocycles. The first-order valence-electron chi connectivity index (χ1n) is 19.0. The van der Waals surface area contributed by atoms with E-state index in [9.17, 15) is 9.90 Å². The van der Waals surface area contributed by atoms with Gasteiger partial charge in [-0.05, 0) is 32.1 Å². The minimum absolute atomic E-state index is 0.0831. The fourth-order valence-corrected chi connectivity index (χ4v) is 6.04. The van der Waals surface area contributed by atoms with E-state index in [1.54, 1.807) is 0 Å². The zero-order valence-electron chi connectivity index (χ0n) is 28.5. The summed E-state index contributed by atoms with van der Waals surface area (Å²) in [6.45, 7) is 7.40. The molecule has 0 bridgehead atoms. The number of unbranched alkanes of at least 4 members (excludes halogenated alkanes) is 23. The number of rotatable bonds is 34. The van der Waals surface area contributed by atoms with Gasteiger partial charge in [0.25, 0.3) is 0 Å². The predicted octanol–water partition coefficient (Wildman–Crippen LogP) is 12.7. The summed E-state index contributed by atoms with van der Waals surface area (Å²) in [5.41, 5.74) is 0. The van der Waals surface area contributed by atoms with E-state index in [1.165, 1.54) is 161 Å². The number of hydrogen-bond acceptors (Lipinski definition) is 3. The van der Waals surface area contributed by atoms with Gasteiger partial charge in [0.2, 0.25) is 0 Å². The zero-order chi connectivity index (χ0) is 30.1. The monoisotopic (exact) mass is 581 g/mol. The molecule has 0 spiro atoms. The van der Waals surface area contributed by atoms with Gasteiger partial charge in [-0.25, -0.2) is 0 Å². The molecule has 2 atom stereocenters. The maximum Gasteiger partial charge on any atom is 0.308 e. The van der Waals surface area contributed by atoms with E-state index in [1.807, 2.05) is 0 Å². The normalized spacial score (nSPS) is 13.0. The molecular formula is C38H76O3. The molecule has 0 radical (unpaired) electrons. The molecule has 0 saturated heterocycles. The molecule has 0 aromatic rings. The molecule has 2 unspecified atom stereocenters. The first kappa shape index (κ1) is 40.4. The first-order valence-corrected chi connectivity index (χ1v) is 19.0. The average Bonchev–Trinajstić information content (AvgIpc) is 2.97. The van der Waals surface area contributed by atoms with E-state index in [4.69, 9.17) is 4.74 Å². The van der Waals surface area contributed by atoms with Gasteiger partial charge in [-0.15, -0.1) is 0 Å². The molecule has 41 heavy (non-hydrogen) atoms. The van der Waals surface area contributed by atoms with E-state index < -0.39 is 0 Å². The Bertz CT molecular complexity index is 506. The standard InChI is InChI=1S/C38H76O3/c1-4-7-10-13-15-16-17-21-25-30-35-41-38(40)36(31-26-22-14-11-8-5-2)32-27-23-19-18-20-24-29-34-37(39)33-28-12-9-6-3/h36-37,39H,4-35H2,1-3H3. The van der Waals surface area contributed by atoms with Crippen molar-refractivity contribution in [2.75, 3.05) is 6.61 Å². The number of carbonyl (C=O) groups is 1. The van der Waals surface area contributed by atoms with Crippen LogP contribution in [0.3, 0.4) is 0 Å². The lowest BCUT2D eigenvalue weighted by Crippen LogP contribution is -2.18. The number of ether oxygens (including phenoxy) is 1. The van der Waals surface area contributed by atoms with Crippen LogP contribution in [0.25, 0.3) is 0 Å². The van der Waals surface area contributed by atoms with Crippen LogP contribution in [-0.4, -0.2) is 23.8 Å². The molecule has 246 valence electrons. The van der Waals surface area contributed by atoms with Crippen molar-refractivity contribution in [2.45, 2.75) is 226 Å². The molecule has 0 rings (SSSR count). The van der Waals surface area contributed by atoms with Crippen LogP contribution in [0.4, 0.5) is 0 Å². The third-order valence-corrected chi connectivity index (χ3v) is 8.96. The smallest absolute Gasteiger partial charge is 0.308 e. The number of aliphatic hydroxyl groups excluding tert-OH is 1. The summed E-state index contributed by atoms with van der Waals surface area (Å²) >= 11 is 0. The molecule has 0 amide bonds. The van der Waals surface area contributed by atoms with Crippen molar-refractivity contribution in [1.29, 1.82) is 0 Å². The van der Waals surface area contributed by atoms with Crippen molar-refractivity contribution < 1.29 is 14.6 Å². The quantitative estimate of drug-likeness (QED) is 0.0608. The molecule has 0 heterocycles. The largest absolute Gasteiger partial charge is 0.465 e. The second-order valence-corrected chi connectivity index (χ2v) is 13.2. The Morgan fingerprint density at radius 3 is 1.12 bits per heavy atom. The third-order valence-electron chi connectivity index (χ3n) is 8.96. The Balaban J connectivity index is 3.98. The Labute approximate surface area is 258 Å². The highest BCUT2D eigenvalue weighted by atomic mass is 16.5. The molecular weight excluding hydrogens is 504 g/mol. The third kappa shape index (κ3) is 30.7. The maximum atomic E-state index is 12.9. The van der Waals surface area contributed by atoms with Crippen molar-refractivity contribution >= 4 is 5.97 Å². The summed E-state index contributed by atoms with van der Waals surface area (Å²) in [5.74, 6) is 0.200. The fourth-order valence-electron chi connectivity index (χ4n) is 6.04. The van der Waals surface area contributed by atoms with Gasteiger partial charge >= 0.3 is 5.97 Å². The Kier molecular flexibility index (Phi) is 33.5. The highest BCUT2D eigenvalue weighted by molar-refractivity contribution is 5.72. The summed E-state index contributed by atoms with van der Waals surface area (Å²) < 4.78 is 5.79. The summed E-state index contributed by atoms with van der Waals surface area (Å²) in [5, 5.41) is 10.1. The van der Waals surface area contributed by atoms with Gasteiger partial charge in [-0.3, -0.25) is 4.79 Å². The lowest BCUT2D eigenvalue weighted by Gasteiger charge is -2.16. The highest BCUT2D eigenvalue weighted by Crippen LogP contribution is 2.22. The number of carbonyl (C=O) groups excluding carboxylic acids is 1. The minimum atomic E-state index is -0.0831. The van der Waals surface area contributed by atoms with E-state index >= 15 is 0 Å². The van der Waals surface area contributed by atoms with Crippen LogP contribution >= 0.6 is 0 Å². The molecule has 0 aliphatic heterocycles. The van der Waals surface area contributed by atoms with E-state index in [2.05, 4.69) is 20.8 Å². The van der Waals surface area contributed by atoms with Crippen LogP contribution in [0.1, 0.15) is 220 Å². The number of aliphatic hydroxyl groups is 1. The Morgan fingerprint density at radius 2 is 0.732 bits per heavy atom. The predicted molar refractivity (Wildman–Crippen MR) is 181 cm³/mol. The highest BCUT2D eigenvalue weighted by Gasteiger charge is 2.19. The first-order chi connectivity index (χ1) is 20.2. The van der Waals surface area contributed by atoms with E-state index in [0.29, 0.717) is 6.61 Å². The van der Waals surface area contributed by atoms with Gasteiger partial charge in [0, 0.05) is 0 Å². The SMILES string of the molecule is CCCCCCCCCCCCOC(=O)C(CCCCCCCC)CCCCCCCCCC(O)CCCCCC. The topological polar surface area (TPSA) is 46.5 Å². The lowest BCUT2D eigenvalue weighted by atomic mass is 9.94. The fraction of sp³-hybridized carbons (Fsp3) is 0.974. The second kappa shape index (κ2) is 33.9. The van der Waals surface area contributed by atoms with E-state index in [-0.39, 0.29) is 18.0 Å². The van der Waals surface area contributed by atoms with Crippen LogP contribution in [-0.2, 0) is 9.53 Å². The number of hydrogen-bond donors (Lipinski definition) is 1. The maximum absolute atomic E-state index is 12.9. The average molecular weight is 581 g/mol. The molecule has 0 aliphatic carbocycles. The molecule has 0 fully saturated rings. The molecule has 0 aliphatic rings. The number of esters is 1. The zero-order valence-corrected chi connectivity index (χ0v) is 28.5. The van der Waals surface area contributed by atoms with Crippen LogP contribution in [0.5, 0.6) is 0 Å². The summed E-state index contributed by atoms with van der Waals surface area (Å²) in [6.07, 6.45) is 38.4. The van der Waals surface area contributed by atoms with Crippen molar-refractivity contribution in [1.82, 2.24) is 0 Å². The summed E-state index contributed by atoms with van der Waals surface area (Å²) in [7, 11) is 0. The van der Waals surface area contributed by atoms with Gasteiger partial charge in [0.1, 0.15) is 0 Å². The van der Waals surface area contributed by atoms with Crippen LogP contribution in [0.2, 0.25) is 0 Å². The second-order valence-electron chi connectivity index (χ2n) is 13.2. The van der Waals surface area contributed by atoms with Gasteiger partial charge < -0.3 is 9.84 Å². The lowest BCUT2D eigenvalue weighted by molar-refractivity contribution is -0.149. The minimum Gasteiger partial charge on any atom is -0.465 e. The molecule has 3 heteroatoms. The summed E-state index contributed by atoms with van der Waals surface area (Å²) in [4.78, 5) is 12.9. The van der Waals surface area contributed by atoms with Crippen LogP contribution in [0, 0.1) is 5.92 Å². The van der Waals surface area contributed by atoms with Crippen molar-refractivity contribution in [2.24, 2.45) is 5.92 Å². The summed E-state index contributed by atoms with van der Waals surface area (Å²) in [6, 6.07) is 0. The van der Waals surface area contributed by atoms with E-state index in [0.717, 1.165) is 38.5 Å². The van der Waals surface area contributed by atoms with Gasteiger partial charge in [-0.2, -0.15) is 0 Å².